The first-order chi connectivity index (χ1) is 6.54. The summed E-state index contributed by atoms with van der Waals surface area (Å²) >= 11 is 0. The van der Waals surface area contributed by atoms with E-state index in [0.717, 1.165) is 18.8 Å². The van der Waals surface area contributed by atoms with Crippen LogP contribution in [0.15, 0.2) is 12.2 Å². The van der Waals surface area contributed by atoms with Crippen LogP contribution >= 0.6 is 0 Å². The van der Waals surface area contributed by atoms with Crippen molar-refractivity contribution in [1.29, 1.82) is 0 Å². The van der Waals surface area contributed by atoms with Gasteiger partial charge in [-0.3, -0.25) is 0 Å². The van der Waals surface area contributed by atoms with Gasteiger partial charge in [0.2, 0.25) is 0 Å². The van der Waals surface area contributed by atoms with Gasteiger partial charge in [-0.05, 0) is 19.3 Å². The van der Waals surface area contributed by atoms with Gasteiger partial charge in [0.25, 0.3) is 0 Å². The number of methoxy groups -OCH3 is 1. The second kappa shape index (κ2) is 7.02. The lowest BCUT2D eigenvalue weighted by Crippen LogP contribution is -2.24. The average Bonchev–Trinajstić information content (AvgIpc) is 2.14. The third-order valence-electron chi connectivity index (χ3n) is 2.50. The van der Waals surface area contributed by atoms with Crippen LogP contribution in [0, 0.1) is 5.92 Å². The first-order valence-corrected chi connectivity index (χ1v) is 5.38. The molecule has 0 aliphatic carbocycles. The van der Waals surface area contributed by atoms with Crippen LogP contribution in [0.1, 0.15) is 40.0 Å². The van der Waals surface area contributed by atoms with Crippen LogP contribution in [0.25, 0.3) is 0 Å². The molecule has 0 aromatic heterocycles. The van der Waals surface area contributed by atoms with Gasteiger partial charge in [-0.25, -0.2) is 0 Å². The zero-order chi connectivity index (χ0) is 11.0. The highest BCUT2D eigenvalue weighted by atomic mass is 16.5. The molecule has 1 atom stereocenters. The number of aliphatic hydroxyl groups is 1. The Balaban J connectivity index is 3.92. The molecule has 2 nitrogen and oxygen atoms in total. The van der Waals surface area contributed by atoms with E-state index in [1.165, 1.54) is 6.42 Å². The molecule has 0 aliphatic heterocycles. The normalized spacial score (nSPS) is 16.4. The van der Waals surface area contributed by atoms with Crippen molar-refractivity contribution >= 4 is 0 Å². The predicted molar refractivity (Wildman–Crippen MR) is 60.3 cm³/mol. The van der Waals surface area contributed by atoms with Gasteiger partial charge < -0.3 is 9.84 Å². The molecule has 0 aromatic carbocycles. The van der Waals surface area contributed by atoms with E-state index >= 15 is 0 Å². The van der Waals surface area contributed by atoms with Crippen LogP contribution in [-0.4, -0.2) is 24.4 Å². The van der Waals surface area contributed by atoms with Crippen molar-refractivity contribution in [2.45, 2.75) is 45.6 Å². The summed E-state index contributed by atoms with van der Waals surface area (Å²) < 4.78 is 5.42. The highest BCUT2D eigenvalue weighted by molar-refractivity contribution is 4.99. The lowest BCUT2D eigenvalue weighted by Gasteiger charge is -2.24. The van der Waals surface area contributed by atoms with Crippen LogP contribution in [0.5, 0.6) is 0 Å². The average molecular weight is 200 g/mol. The van der Waals surface area contributed by atoms with E-state index in [4.69, 9.17) is 9.84 Å². The largest absolute Gasteiger partial charge is 0.392 e. The SMILES string of the molecule is CO[C@](C)(/C=C/CO)CCCC(C)C. The minimum absolute atomic E-state index is 0.0864. The molecule has 0 bridgehead atoms. The molecule has 0 aliphatic rings. The first kappa shape index (κ1) is 13.7. The fraction of sp³-hybridized carbons (Fsp3) is 0.833. The molecule has 0 spiro atoms. The highest BCUT2D eigenvalue weighted by Crippen LogP contribution is 2.21. The molecule has 0 aromatic rings. The lowest BCUT2D eigenvalue weighted by atomic mass is 9.95. The van der Waals surface area contributed by atoms with Crippen molar-refractivity contribution in [2.24, 2.45) is 5.92 Å². The third kappa shape index (κ3) is 6.17. The summed E-state index contributed by atoms with van der Waals surface area (Å²) in [5, 5.41) is 8.70. The smallest absolute Gasteiger partial charge is 0.0831 e. The molecule has 0 rings (SSSR count). The van der Waals surface area contributed by atoms with E-state index in [1.54, 1.807) is 13.2 Å². The molecule has 0 saturated heterocycles. The Hall–Kier alpha value is -0.340. The van der Waals surface area contributed by atoms with Crippen LogP contribution in [0.2, 0.25) is 0 Å². The quantitative estimate of drug-likeness (QED) is 0.640. The zero-order valence-corrected chi connectivity index (χ0v) is 9.92. The molecule has 0 heterocycles. The topological polar surface area (TPSA) is 29.5 Å². The van der Waals surface area contributed by atoms with Crippen molar-refractivity contribution in [2.75, 3.05) is 13.7 Å². The van der Waals surface area contributed by atoms with E-state index in [0.29, 0.717) is 0 Å². The van der Waals surface area contributed by atoms with Crippen molar-refractivity contribution in [3.63, 3.8) is 0 Å². The maximum atomic E-state index is 8.70. The van der Waals surface area contributed by atoms with Crippen LogP contribution < -0.4 is 0 Å². The minimum atomic E-state index is -0.211. The Morgan fingerprint density at radius 3 is 2.50 bits per heavy atom. The van der Waals surface area contributed by atoms with Crippen molar-refractivity contribution in [3.8, 4) is 0 Å². The molecule has 14 heavy (non-hydrogen) atoms. The minimum Gasteiger partial charge on any atom is -0.392 e. The fourth-order valence-corrected chi connectivity index (χ4v) is 1.42. The molecular weight excluding hydrogens is 176 g/mol. The standard InChI is InChI=1S/C12H24O2/c1-11(2)7-5-8-12(3,14-4)9-6-10-13/h6,9,11,13H,5,7-8,10H2,1-4H3/b9-6+/t12-/m0/s1. The van der Waals surface area contributed by atoms with Gasteiger partial charge in [0.15, 0.2) is 0 Å². The Morgan fingerprint density at radius 1 is 1.43 bits per heavy atom. The van der Waals surface area contributed by atoms with Gasteiger partial charge >= 0.3 is 0 Å². The van der Waals surface area contributed by atoms with Gasteiger partial charge in [0.1, 0.15) is 0 Å². The van der Waals surface area contributed by atoms with Gasteiger partial charge in [0, 0.05) is 7.11 Å². The van der Waals surface area contributed by atoms with E-state index in [2.05, 4.69) is 20.8 Å². The van der Waals surface area contributed by atoms with E-state index in [-0.39, 0.29) is 12.2 Å². The van der Waals surface area contributed by atoms with Crippen molar-refractivity contribution < 1.29 is 9.84 Å². The molecule has 0 fully saturated rings. The van der Waals surface area contributed by atoms with Crippen molar-refractivity contribution in [3.05, 3.63) is 12.2 Å². The molecule has 0 saturated carbocycles. The van der Waals surface area contributed by atoms with Gasteiger partial charge in [-0.15, -0.1) is 0 Å². The maximum absolute atomic E-state index is 8.70. The van der Waals surface area contributed by atoms with Gasteiger partial charge in [-0.2, -0.15) is 0 Å². The molecule has 0 unspecified atom stereocenters. The van der Waals surface area contributed by atoms with Crippen LogP contribution in [-0.2, 0) is 4.74 Å². The molecular formula is C12H24O2. The van der Waals surface area contributed by atoms with E-state index in [1.807, 2.05) is 6.08 Å². The summed E-state index contributed by atoms with van der Waals surface area (Å²) in [6.07, 6.45) is 7.11. The number of rotatable bonds is 7. The van der Waals surface area contributed by atoms with Crippen LogP contribution in [0.3, 0.4) is 0 Å². The second-order valence-electron chi connectivity index (χ2n) is 4.39. The predicted octanol–water partition coefficient (Wildman–Crippen LogP) is 2.77. The van der Waals surface area contributed by atoms with Crippen molar-refractivity contribution in [1.82, 2.24) is 0 Å². The van der Waals surface area contributed by atoms with Crippen LogP contribution in [0.4, 0.5) is 0 Å². The second-order valence-corrected chi connectivity index (χ2v) is 4.39. The number of aliphatic hydroxyl groups excluding tert-OH is 1. The lowest BCUT2D eigenvalue weighted by molar-refractivity contribution is 0.0380. The molecule has 2 heteroatoms. The zero-order valence-electron chi connectivity index (χ0n) is 9.92. The molecule has 0 amide bonds. The molecule has 1 N–H and O–H groups in total. The third-order valence-corrected chi connectivity index (χ3v) is 2.50. The monoisotopic (exact) mass is 200 g/mol. The Labute approximate surface area is 88.0 Å². The summed E-state index contributed by atoms with van der Waals surface area (Å²) in [5.41, 5.74) is -0.211. The van der Waals surface area contributed by atoms with E-state index in [9.17, 15) is 0 Å². The fourth-order valence-electron chi connectivity index (χ4n) is 1.42. The van der Waals surface area contributed by atoms with Gasteiger partial charge in [0.05, 0.1) is 12.2 Å². The Morgan fingerprint density at radius 2 is 2.07 bits per heavy atom. The highest BCUT2D eigenvalue weighted by Gasteiger charge is 2.18. The molecule has 0 radical (unpaired) electrons. The van der Waals surface area contributed by atoms with Gasteiger partial charge in [-0.1, -0.05) is 38.8 Å². The summed E-state index contributed by atoms with van der Waals surface area (Å²) in [7, 11) is 1.72. The number of hydrogen-bond acceptors (Lipinski definition) is 2. The number of hydrogen-bond donors (Lipinski definition) is 1. The molecule has 84 valence electrons. The summed E-state index contributed by atoms with van der Waals surface area (Å²) in [4.78, 5) is 0. The van der Waals surface area contributed by atoms with E-state index < -0.39 is 0 Å². The summed E-state index contributed by atoms with van der Waals surface area (Å²) in [6, 6.07) is 0. The summed E-state index contributed by atoms with van der Waals surface area (Å²) in [6.45, 7) is 6.60. The maximum Gasteiger partial charge on any atom is 0.0831 e. The first-order valence-electron chi connectivity index (χ1n) is 5.38. The summed E-state index contributed by atoms with van der Waals surface area (Å²) in [5.74, 6) is 0.748. The Kier molecular flexibility index (Phi) is 6.85. The number of ether oxygens (including phenoxy) is 1. The Bertz CT molecular complexity index is 164.